The summed E-state index contributed by atoms with van der Waals surface area (Å²) in [7, 11) is 0. The van der Waals surface area contributed by atoms with E-state index in [-0.39, 0.29) is 12.6 Å². The van der Waals surface area contributed by atoms with Crippen LogP contribution in [0.5, 0.6) is 0 Å². The number of nitrogen functional groups attached to an aromatic ring is 1. The van der Waals surface area contributed by atoms with E-state index in [1.165, 1.54) is 11.1 Å². The first kappa shape index (κ1) is 14.1. The predicted molar refractivity (Wildman–Crippen MR) is 80.6 cm³/mol. The fourth-order valence-corrected chi connectivity index (χ4v) is 1.89. The number of rotatable bonds is 3. The Balaban J connectivity index is 2.04. The molecule has 3 heteroatoms. The third-order valence-electron chi connectivity index (χ3n) is 3.46. The molecule has 0 amide bonds. The molecule has 0 aliphatic carbocycles. The van der Waals surface area contributed by atoms with Crippen LogP contribution in [0.4, 0.5) is 5.69 Å². The van der Waals surface area contributed by atoms with Crippen LogP contribution in [0, 0.1) is 20.8 Å². The monoisotopic (exact) mass is 269 g/mol. The highest BCUT2D eigenvalue weighted by Crippen LogP contribution is 2.15. The zero-order valence-electron chi connectivity index (χ0n) is 12.1. The summed E-state index contributed by atoms with van der Waals surface area (Å²) in [5.41, 5.74) is 11.2. The molecule has 2 aromatic rings. The number of hydrogen-bond donors (Lipinski definition) is 1. The molecular formula is C17H19NO2. The lowest BCUT2D eigenvalue weighted by Crippen LogP contribution is -2.06. The van der Waals surface area contributed by atoms with Gasteiger partial charge in [0.15, 0.2) is 0 Å². The summed E-state index contributed by atoms with van der Waals surface area (Å²) in [4.78, 5) is 12.0. The molecule has 0 aliphatic rings. The van der Waals surface area contributed by atoms with Crippen LogP contribution in [0.25, 0.3) is 0 Å². The van der Waals surface area contributed by atoms with Gasteiger partial charge in [0.1, 0.15) is 6.61 Å². The molecule has 3 nitrogen and oxygen atoms in total. The minimum atomic E-state index is -0.352. The van der Waals surface area contributed by atoms with Crippen LogP contribution in [0.3, 0.4) is 0 Å². The zero-order chi connectivity index (χ0) is 14.7. The first-order valence-electron chi connectivity index (χ1n) is 6.57. The number of carbonyl (C=O) groups is 1. The summed E-state index contributed by atoms with van der Waals surface area (Å²) in [6.45, 7) is 6.27. The number of carbonyl (C=O) groups excluding carboxylic acids is 1. The molecule has 0 unspecified atom stereocenters. The van der Waals surface area contributed by atoms with E-state index in [1.807, 2.05) is 38.1 Å². The zero-order valence-corrected chi connectivity index (χ0v) is 12.1. The SMILES string of the molecule is Cc1ccc(COC(=O)c2ccc(C)c(N)c2)cc1C. The van der Waals surface area contributed by atoms with Crippen molar-refractivity contribution in [2.75, 3.05) is 5.73 Å². The van der Waals surface area contributed by atoms with Crippen molar-refractivity contribution in [3.8, 4) is 0 Å². The fraction of sp³-hybridized carbons (Fsp3) is 0.235. The van der Waals surface area contributed by atoms with E-state index in [2.05, 4.69) is 6.92 Å². The van der Waals surface area contributed by atoms with Gasteiger partial charge in [-0.05, 0) is 55.2 Å². The summed E-state index contributed by atoms with van der Waals surface area (Å²) in [6.07, 6.45) is 0. The van der Waals surface area contributed by atoms with Crippen molar-refractivity contribution in [2.45, 2.75) is 27.4 Å². The highest BCUT2D eigenvalue weighted by atomic mass is 16.5. The van der Waals surface area contributed by atoms with Crippen molar-refractivity contribution in [1.82, 2.24) is 0 Å². The molecule has 0 bridgehead atoms. The molecule has 0 atom stereocenters. The smallest absolute Gasteiger partial charge is 0.338 e. The summed E-state index contributed by atoms with van der Waals surface area (Å²) in [5.74, 6) is -0.352. The first-order chi connectivity index (χ1) is 9.47. The number of nitrogens with two attached hydrogens (primary N) is 1. The fourth-order valence-electron chi connectivity index (χ4n) is 1.89. The molecular weight excluding hydrogens is 250 g/mol. The summed E-state index contributed by atoms with van der Waals surface area (Å²) in [5, 5.41) is 0. The average Bonchev–Trinajstić information content (AvgIpc) is 2.43. The Hall–Kier alpha value is -2.29. The second-order valence-electron chi connectivity index (χ2n) is 5.07. The number of ether oxygens (including phenoxy) is 1. The van der Waals surface area contributed by atoms with Gasteiger partial charge in [0.25, 0.3) is 0 Å². The van der Waals surface area contributed by atoms with Crippen molar-refractivity contribution in [1.29, 1.82) is 0 Å². The maximum Gasteiger partial charge on any atom is 0.338 e. The van der Waals surface area contributed by atoms with Crippen LogP contribution < -0.4 is 5.73 Å². The third-order valence-corrected chi connectivity index (χ3v) is 3.46. The quantitative estimate of drug-likeness (QED) is 0.684. The number of aryl methyl sites for hydroxylation is 3. The molecule has 0 radical (unpaired) electrons. The Bertz CT molecular complexity index is 647. The van der Waals surface area contributed by atoms with Gasteiger partial charge in [0, 0.05) is 5.69 Å². The molecule has 2 rings (SSSR count). The van der Waals surface area contributed by atoms with E-state index in [1.54, 1.807) is 12.1 Å². The Labute approximate surface area is 119 Å². The lowest BCUT2D eigenvalue weighted by Gasteiger charge is -2.08. The van der Waals surface area contributed by atoms with Gasteiger partial charge in [-0.2, -0.15) is 0 Å². The van der Waals surface area contributed by atoms with Gasteiger partial charge in [-0.3, -0.25) is 0 Å². The molecule has 0 heterocycles. The highest BCUT2D eigenvalue weighted by molar-refractivity contribution is 5.90. The Morgan fingerprint density at radius 3 is 2.35 bits per heavy atom. The van der Waals surface area contributed by atoms with Crippen LogP contribution in [0.15, 0.2) is 36.4 Å². The van der Waals surface area contributed by atoms with E-state index in [0.29, 0.717) is 11.3 Å². The van der Waals surface area contributed by atoms with Crippen LogP contribution >= 0.6 is 0 Å². The Kier molecular flexibility index (Phi) is 4.08. The van der Waals surface area contributed by atoms with E-state index in [4.69, 9.17) is 10.5 Å². The lowest BCUT2D eigenvalue weighted by molar-refractivity contribution is 0.0472. The molecule has 0 aliphatic heterocycles. The minimum Gasteiger partial charge on any atom is -0.457 e. The second kappa shape index (κ2) is 5.78. The molecule has 0 aromatic heterocycles. The van der Waals surface area contributed by atoms with Crippen LogP contribution in [-0.4, -0.2) is 5.97 Å². The predicted octanol–water partition coefficient (Wildman–Crippen LogP) is 3.55. The number of anilines is 1. The van der Waals surface area contributed by atoms with Gasteiger partial charge in [-0.25, -0.2) is 4.79 Å². The maximum atomic E-state index is 12.0. The van der Waals surface area contributed by atoms with E-state index < -0.39 is 0 Å². The molecule has 2 N–H and O–H groups in total. The average molecular weight is 269 g/mol. The minimum absolute atomic E-state index is 0.272. The van der Waals surface area contributed by atoms with Gasteiger partial charge in [-0.1, -0.05) is 24.3 Å². The van der Waals surface area contributed by atoms with Gasteiger partial charge in [-0.15, -0.1) is 0 Å². The lowest BCUT2D eigenvalue weighted by atomic mass is 10.1. The van der Waals surface area contributed by atoms with Gasteiger partial charge >= 0.3 is 5.97 Å². The molecule has 0 saturated heterocycles. The summed E-state index contributed by atoms with van der Waals surface area (Å²) < 4.78 is 5.31. The van der Waals surface area contributed by atoms with Gasteiger partial charge in [0.05, 0.1) is 5.56 Å². The Morgan fingerprint density at radius 2 is 1.70 bits per heavy atom. The third kappa shape index (κ3) is 3.18. The molecule has 0 spiro atoms. The van der Waals surface area contributed by atoms with Crippen molar-refractivity contribution >= 4 is 11.7 Å². The molecule has 0 saturated carbocycles. The van der Waals surface area contributed by atoms with Gasteiger partial charge in [0.2, 0.25) is 0 Å². The summed E-state index contributed by atoms with van der Waals surface area (Å²) >= 11 is 0. The van der Waals surface area contributed by atoms with Crippen molar-refractivity contribution < 1.29 is 9.53 Å². The van der Waals surface area contributed by atoms with Crippen LogP contribution in [0.2, 0.25) is 0 Å². The molecule has 2 aromatic carbocycles. The molecule has 104 valence electrons. The topological polar surface area (TPSA) is 52.3 Å². The standard InChI is InChI=1S/C17H19NO2/c1-11-4-6-14(8-13(11)3)10-20-17(19)15-7-5-12(2)16(18)9-15/h4-9H,10,18H2,1-3H3. The van der Waals surface area contributed by atoms with E-state index in [0.717, 1.165) is 11.1 Å². The number of esters is 1. The van der Waals surface area contributed by atoms with Crippen LogP contribution in [-0.2, 0) is 11.3 Å². The first-order valence-corrected chi connectivity index (χ1v) is 6.57. The van der Waals surface area contributed by atoms with Crippen LogP contribution in [0.1, 0.15) is 32.6 Å². The highest BCUT2D eigenvalue weighted by Gasteiger charge is 2.09. The molecule has 20 heavy (non-hydrogen) atoms. The molecule has 0 fully saturated rings. The van der Waals surface area contributed by atoms with Crippen molar-refractivity contribution in [3.63, 3.8) is 0 Å². The normalized spacial score (nSPS) is 10.3. The van der Waals surface area contributed by atoms with E-state index in [9.17, 15) is 4.79 Å². The number of hydrogen-bond acceptors (Lipinski definition) is 3. The van der Waals surface area contributed by atoms with E-state index >= 15 is 0 Å². The Morgan fingerprint density at radius 1 is 1.00 bits per heavy atom. The van der Waals surface area contributed by atoms with Crippen molar-refractivity contribution in [3.05, 3.63) is 64.2 Å². The summed E-state index contributed by atoms with van der Waals surface area (Å²) in [6, 6.07) is 11.2. The maximum absolute atomic E-state index is 12.0. The van der Waals surface area contributed by atoms with Gasteiger partial charge < -0.3 is 10.5 Å². The number of benzene rings is 2. The second-order valence-corrected chi connectivity index (χ2v) is 5.07. The largest absolute Gasteiger partial charge is 0.457 e. The van der Waals surface area contributed by atoms with Crippen molar-refractivity contribution in [2.24, 2.45) is 0 Å².